The fourth-order valence-corrected chi connectivity index (χ4v) is 4.53. The predicted molar refractivity (Wildman–Crippen MR) is 119 cm³/mol. The number of ether oxygens (including phenoxy) is 2. The molecule has 2 saturated carbocycles. The molecular formula is C25H44O5. The monoisotopic (exact) mass is 424 g/mol. The number of ketones is 1. The Balaban J connectivity index is 0.00000218. The summed E-state index contributed by atoms with van der Waals surface area (Å²) in [6, 6.07) is 0. The summed E-state index contributed by atoms with van der Waals surface area (Å²) in [5.41, 5.74) is 0. The van der Waals surface area contributed by atoms with E-state index in [1.165, 1.54) is 64.2 Å². The number of carbonyl (C=O) groups excluding carboxylic acids is 3. The average molecular weight is 425 g/mol. The summed E-state index contributed by atoms with van der Waals surface area (Å²) in [5, 5.41) is 0. The maximum atomic E-state index is 11.7. The van der Waals surface area contributed by atoms with E-state index in [-0.39, 0.29) is 30.9 Å². The minimum atomic E-state index is -0.360. The number of Topliss-reactive ketones (excluding diaryl/α,β-unsaturated/α-hetero) is 1. The van der Waals surface area contributed by atoms with Gasteiger partial charge in [-0.15, -0.1) is 0 Å². The summed E-state index contributed by atoms with van der Waals surface area (Å²) in [5.74, 6) is 0.480. The zero-order valence-electron chi connectivity index (χ0n) is 19.4. The highest BCUT2D eigenvalue weighted by molar-refractivity contribution is 5.85. The maximum absolute atomic E-state index is 11.7. The number of hydrogen-bond donors (Lipinski definition) is 0. The maximum Gasteiger partial charge on any atom is 0.306 e. The summed E-state index contributed by atoms with van der Waals surface area (Å²) in [6.45, 7) is 3.41. The molecule has 0 saturated heterocycles. The van der Waals surface area contributed by atoms with E-state index in [9.17, 15) is 14.4 Å². The van der Waals surface area contributed by atoms with Crippen LogP contribution in [-0.2, 0) is 23.9 Å². The first-order valence-electron chi connectivity index (χ1n) is 12.5. The molecule has 0 bridgehead atoms. The van der Waals surface area contributed by atoms with Crippen molar-refractivity contribution in [2.75, 3.05) is 13.2 Å². The van der Waals surface area contributed by atoms with Gasteiger partial charge in [0.25, 0.3) is 0 Å². The van der Waals surface area contributed by atoms with Crippen LogP contribution in [0.3, 0.4) is 0 Å². The van der Waals surface area contributed by atoms with Gasteiger partial charge in [-0.25, -0.2) is 0 Å². The largest absolute Gasteiger partial charge is 0.458 e. The molecule has 0 spiro atoms. The first-order valence-corrected chi connectivity index (χ1v) is 12.5. The van der Waals surface area contributed by atoms with Crippen LogP contribution in [0.2, 0.25) is 0 Å². The van der Waals surface area contributed by atoms with Crippen LogP contribution in [0.15, 0.2) is 0 Å². The zero-order chi connectivity index (χ0) is 22.0. The van der Waals surface area contributed by atoms with Crippen LogP contribution < -0.4 is 0 Å². The van der Waals surface area contributed by atoms with Crippen LogP contribution in [0, 0.1) is 11.8 Å². The highest BCUT2D eigenvalue weighted by Crippen LogP contribution is 2.28. The van der Waals surface area contributed by atoms with E-state index in [4.69, 9.17) is 9.47 Å². The summed E-state index contributed by atoms with van der Waals surface area (Å²) >= 11 is 0. The first-order chi connectivity index (χ1) is 14.6. The fraction of sp³-hybridized carbons (Fsp3) is 0.880. The van der Waals surface area contributed by atoms with Gasteiger partial charge in [-0.05, 0) is 37.5 Å². The molecule has 0 unspecified atom stereocenters. The smallest absolute Gasteiger partial charge is 0.306 e. The molecule has 0 aromatic heterocycles. The third kappa shape index (κ3) is 13.0. The number of hydrogen-bond acceptors (Lipinski definition) is 5. The molecule has 2 aliphatic carbocycles. The quantitative estimate of drug-likeness (QED) is 0.350. The van der Waals surface area contributed by atoms with Crippen LogP contribution in [0.4, 0.5) is 0 Å². The Bertz CT molecular complexity index is 434. The van der Waals surface area contributed by atoms with E-state index in [2.05, 4.69) is 0 Å². The van der Waals surface area contributed by atoms with Gasteiger partial charge >= 0.3 is 11.9 Å². The Morgan fingerprint density at radius 2 is 1.00 bits per heavy atom. The summed E-state index contributed by atoms with van der Waals surface area (Å²) in [7, 11) is 0. The van der Waals surface area contributed by atoms with Crippen molar-refractivity contribution in [3.63, 3.8) is 0 Å². The van der Waals surface area contributed by atoms with E-state index >= 15 is 0 Å². The summed E-state index contributed by atoms with van der Waals surface area (Å²) in [4.78, 5) is 35.2. The molecule has 0 aromatic rings. The van der Waals surface area contributed by atoms with Crippen LogP contribution >= 0.6 is 0 Å². The minimum Gasteiger partial charge on any atom is -0.458 e. The Morgan fingerprint density at radius 1 is 0.633 bits per heavy atom. The van der Waals surface area contributed by atoms with Crippen LogP contribution in [0.1, 0.15) is 117 Å². The van der Waals surface area contributed by atoms with E-state index in [1.54, 1.807) is 0 Å². The van der Waals surface area contributed by atoms with Gasteiger partial charge in [0.1, 0.15) is 0 Å². The third-order valence-corrected chi connectivity index (χ3v) is 6.22. The van der Waals surface area contributed by atoms with Crippen LogP contribution in [0.5, 0.6) is 0 Å². The van der Waals surface area contributed by atoms with Crippen molar-refractivity contribution >= 4 is 17.7 Å². The molecule has 2 fully saturated rings. The lowest BCUT2D eigenvalue weighted by Gasteiger charge is -2.21. The predicted octanol–water partition coefficient (Wildman–Crippen LogP) is 6.17. The molecule has 0 N–H and O–H groups in total. The van der Waals surface area contributed by atoms with E-state index in [0.717, 1.165) is 37.5 Å². The zero-order valence-corrected chi connectivity index (χ0v) is 19.4. The molecule has 0 aromatic carbocycles. The number of carbonyl (C=O) groups is 3. The molecule has 174 valence electrons. The molecule has 0 heterocycles. The molecule has 5 heteroatoms. The van der Waals surface area contributed by atoms with Gasteiger partial charge in [0.2, 0.25) is 5.78 Å². The molecule has 5 nitrogen and oxygen atoms in total. The van der Waals surface area contributed by atoms with Crippen molar-refractivity contribution in [1.82, 2.24) is 0 Å². The summed E-state index contributed by atoms with van der Waals surface area (Å²) in [6.07, 6.45) is 17.5. The molecule has 0 radical (unpaired) electrons. The van der Waals surface area contributed by atoms with Gasteiger partial charge in [0, 0.05) is 12.8 Å². The van der Waals surface area contributed by atoms with Crippen LogP contribution in [0.25, 0.3) is 0 Å². The molecule has 2 rings (SSSR count). The molecular weight excluding hydrogens is 380 g/mol. The Labute approximate surface area is 183 Å². The second kappa shape index (κ2) is 17.3. The van der Waals surface area contributed by atoms with Gasteiger partial charge in [0.15, 0.2) is 13.2 Å². The van der Waals surface area contributed by atoms with Crippen molar-refractivity contribution in [3.05, 3.63) is 0 Å². The van der Waals surface area contributed by atoms with Gasteiger partial charge < -0.3 is 9.47 Å². The van der Waals surface area contributed by atoms with Gasteiger partial charge in [0.05, 0.1) is 0 Å². The standard InChI is InChI=1S/C23H38O5.C2H6/c24-21(17-27-22(25)15-7-13-19-9-3-1-4-10-19)18-28-23(26)16-8-14-20-11-5-2-6-12-20;1-2/h19-20H,1-18H2;1-2H3. The second-order valence-electron chi connectivity index (χ2n) is 8.65. The lowest BCUT2D eigenvalue weighted by molar-refractivity contribution is -0.153. The highest BCUT2D eigenvalue weighted by atomic mass is 16.6. The van der Waals surface area contributed by atoms with Crippen molar-refractivity contribution in [2.24, 2.45) is 11.8 Å². The summed E-state index contributed by atoms with van der Waals surface area (Å²) < 4.78 is 10.0. The minimum absolute atomic E-state index is 0.294. The molecule has 0 atom stereocenters. The molecule has 0 amide bonds. The average Bonchev–Trinajstić information content (AvgIpc) is 2.79. The van der Waals surface area contributed by atoms with Gasteiger partial charge in [-0.1, -0.05) is 78.1 Å². The van der Waals surface area contributed by atoms with Gasteiger partial charge in [-0.3, -0.25) is 14.4 Å². The highest BCUT2D eigenvalue weighted by Gasteiger charge is 2.16. The third-order valence-electron chi connectivity index (χ3n) is 6.22. The van der Waals surface area contributed by atoms with E-state index < -0.39 is 0 Å². The Hall–Kier alpha value is -1.39. The molecule has 0 aliphatic heterocycles. The first kappa shape index (κ1) is 26.6. The van der Waals surface area contributed by atoms with Crippen molar-refractivity contribution in [1.29, 1.82) is 0 Å². The Morgan fingerprint density at radius 3 is 1.37 bits per heavy atom. The normalized spacial score (nSPS) is 17.5. The molecule has 30 heavy (non-hydrogen) atoms. The lowest BCUT2D eigenvalue weighted by Crippen LogP contribution is -2.20. The molecule has 2 aliphatic rings. The lowest BCUT2D eigenvalue weighted by atomic mass is 9.86. The van der Waals surface area contributed by atoms with Crippen molar-refractivity contribution in [2.45, 2.75) is 117 Å². The Kier molecular flexibility index (Phi) is 15.4. The number of rotatable bonds is 12. The van der Waals surface area contributed by atoms with Crippen LogP contribution in [-0.4, -0.2) is 30.9 Å². The van der Waals surface area contributed by atoms with Gasteiger partial charge in [-0.2, -0.15) is 0 Å². The van der Waals surface area contributed by atoms with Crippen molar-refractivity contribution < 1.29 is 23.9 Å². The van der Waals surface area contributed by atoms with E-state index in [0.29, 0.717) is 12.8 Å². The SMILES string of the molecule is CC.O=C(COC(=O)CCCC1CCCCC1)COC(=O)CCCC1CCCCC1. The van der Waals surface area contributed by atoms with Crippen molar-refractivity contribution in [3.8, 4) is 0 Å². The fourth-order valence-electron chi connectivity index (χ4n) is 4.53. The second-order valence-corrected chi connectivity index (χ2v) is 8.65. The topological polar surface area (TPSA) is 69.7 Å². The number of esters is 2. The van der Waals surface area contributed by atoms with E-state index in [1.807, 2.05) is 13.8 Å².